The number of aliphatic carboxylic acids is 1. The van der Waals surface area contributed by atoms with Crippen LogP contribution in [0.4, 0.5) is 13.2 Å². The monoisotopic (exact) mass is 358 g/mol. The highest BCUT2D eigenvalue weighted by Gasteiger charge is 2.29. The first kappa shape index (κ1) is 20.1. The van der Waals surface area contributed by atoms with Gasteiger partial charge in [-0.1, -0.05) is 18.7 Å². The Balaban J connectivity index is 2.87. The molecule has 0 unspecified atom stereocenters. The van der Waals surface area contributed by atoms with Gasteiger partial charge >= 0.3 is 12.1 Å². The van der Waals surface area contributed by atoms with E-state index in [9.17, 15) is 18.0 Å². The maximum Gasteiger partial charge on any atom is 0.416 e. The molecule has 25 heavy (non-hydrogen) atoms. The fourth-order valence-electron chi connectivity index (χ4n) is 1.65. The second kappa shape index (κ2) is 8.22. The lowest BCUT2D eigenvalue weighted by Crippen LogP contribution is -2.16. The van der Waals surface area contributed by atoms with Crippen molar-refractivity contribution in [3.8, 4) is 0 Å². The Morgan fingerprint density at radius 2 is 1.88 bits per heavy atom. The van der Waals surface area contributed by atoms with Gasteiger partial charge in [-0.3, -0.25) is 0 Å². The molecule has 0 heterocycles. The zero-order valence-electron chi connectivity index (χ0n) is 13.6. The number of carboxylic acid groups (broad SMARTS) is 1. The molecule has 0 atom stereocenters. The van der Waals surface area contributed by atoms with E-state index in [4.69, 9.17) is 15.6 Å². The first-order valence-corrected chi connectivity index (χ1v) is 6.86. The Morgan fingerprint density at radius 1 is 1.32 bits per heavy atom. The molecule has 0 saturated carbocycles. The normalized spacial score (nSPS) is 13.1. The van der Waals surface area contributed by atoms with Crippen molar-refractivity contribution in [2.75, 3.05) is 7.11 Å². The summed E-state index contributed by atoms with van der Waals surface area (Å²) >= 11 is 0. The third-order valence-corrected chi connectivity index (χ3v) is 3.10. The van der Waals surface area contributed by atoms with Crippen LogP contribution in [0.5, 0.6) is 0 Å². The molecule has 1 aromatic carbocycles. The Kier molecular flexibility index (Phi) is 6.60. The fourth-order valence-corrected chi connectivity index (χ4v) is 1.65. The Morgan fingerprint density at radius 3 is 2.32 bits per heavy atom. The van der Waals surface area contributed by atoms with Gasteiger partial charge in [0.05, 0.1) is 12.7 Å². The maximum absolute atomic E-state index is 12.5. The molecule has 0 radical (unpaired) electrons. The van der Waals surface area contributed by atoms with E-state index in [1.54, 1.807) is 0 Å². The Bertz CT molecular complexity index is 707. The van der Waals surface area contributed by atoms with Crippen molar-refractivity contribution in [2.24, 2.45) is 10.7 Å². The number of rotatable bonds is 6. The molecule has 1 aromatic rings. The molecule has 136 valence electrons. The molecule has 1 rings (SSSR count). The van der Waals surface area contributed by atoms with Crippen LogP contribution in [0.15, 0.2) is 52.9 Å². The van der Waals surface area contributed by atoms with Gasteiger partial charge in [0.1, 0.15) is 12.4 Å². The van der Waals surface area contributed by atoms with E-state index >= 15 is 0 Å². The summed E-state index contributed by atoms with van der Waals surface area (Å²) in [6, 6.07) is 4.02. The molecule has 3 N–H and O–H groups in total. The predicted molar refractivity (Wildman–Crippen MR) is 84.3 cm³/mol. The van der Waals surface area contributed by atoms with Crippen LogP contribution < -0.4 is 5.73 Å². The van der Waals surface area contributed by atoms with Gasteiger partial charge in [0.2, 0.25) is 0 Å². The Labute approximate surface area is 142 Å². The highest BCUT2D eigenvalue weighted by atomic mass is 19.4. The molecular formula is C16H17F3N2O4. The molecular weight excluding hydrogens is 341 g/mol. The molecule has 9 heteroatoms. The molecule has 0 amide bonds. The van der Waals surface area contributed by atoms with E-state index in [1.807, 2.05) is 0 Å². The number of amidine groups is 1. The topological polar surface area (TPSA) is 94.1 Å². The van der Waals surface area contributed by atoms with Crippen molar-refractivity contribution in [3.63, 3.8) is 0 Å². The summed E-state index contributed by atoms with van der Waals surface area (Å²) in [5.74, 6) is -1.37. The molecule has 0 spiro atoms. The van der Waals surface area contributed by atoms with E-state index in [0.717, 1.165) is 12.1 Å². The SMILES string of the molecule is C=C(OCc1ccc(C(F)(F)F)cc1)/C(C)=C(\N=C(/N)OC)C(=O)O. The lowest BCUT2D eigenvalue weighted by molar-refractivity contribution is -0.137. The van der Waals surface area contributed by atoms with Crippen LogP contribution >= 0.6 is 0 Å². The zero-order valence-corrected chi connectivity index (χ0v) is 13.6. The van der Waals surface area contributed by atoms with E-state index in [1.165, 1.54) is 26.2 Å². The molecule has 0 saturated heterocycles. The van der Waals surface area contributed by atoms with Crippen LogP contribution in [0.1, 0.15) is 18.1 Å². The average Bonchev–Trinajstić information content (AvgIpc) is 2.55. The van der Waals surface area contributed by atoms with Crippen LogP contribution in [0.2, 0.25) is 0 Å². The van der Waals surface area contributed by atoms with Gasteiger partial charge in [0.15, 0.2) is 5.70 Å². The van der Waals surface area contributed by atoms with E-state index in [2.05, 4.69) is 16.3 Å². The van der Waals surface area contributed by atoms with Crippen LogP contribution in [0, 0.1) is 0 Å². The number of aliphatic imine (C=N–C) groups is 1. The molecule has 0 bridgehead atoms. The molecule has 0 fully saturated rings. The summed E-state index contributed by atoms with van der Waals surface area (Å²) in [6.45, 7) is 4.90. The third kappa shape index (κ3) is 5.87. The van der Waals surface area contributed by atoms with Crippen LogP contribution in [0.25, 0.3) is 0 Å². The number of hydrogen-bond acceptors (Lipinski definition) is 4. The van der Waals surface area contributed by atoms with Crippen molar-refractivity contribution >= 4 is 12.0 Å². The third-order valence-electron chi connectivity index (χ3n) is 3.10. The van der Waals surface area contributed by atoms with Gasteiger partial charge in [0.25, 0.3) is 6.02 Å². The smallest absolute Gasteiger partial charge is 0.416 e. The van der Waals surface area contributed by atoms with Crippen molar-refractivity contribution in [1.82, 2.24) is 0 Å². The highest BCUT2D eigenvalue weighted by molar-refractivity contribution is 5.91. The predicted octanol–water partition coefficient (Wildman–Crippen LogP) is 3.06. The minimum absolute atomic E-state index is 0.00930. The summed E-state index contributed by atoms with van der Waals surface area (Å²) in [4.78, 5) is 14.8. The van der Waals surface area contributed by atoms with E-state index in [0.29, 0.717) is 5.56 Å². The number of carboxylic acids is 1. The summed E-state index contributed by atoms with van der Waals surface area (Å²) in [5, 5.41) is 9.15. The second-order valence-electron chi connectivity index (χ2n) is 4.84. The summed E-state index contributed by atoms with van der Waals surface area (Å²) in [6.07, 6.45) is -4.42. The number of halogens is 3. The van der Waals surface area contributed by atoms with Crippen LogP contribution in [0.3, 0.4) is 0 Å². The standard InChI is InChI=1S/C16H17F3N2O4/c1-9(13(14(22)23)21-15(20)24-3)10(2)25-8-11-4-6-12(7-5-11)16(17,18)19/h4-7H,2,8H2,1,3H3,(H2,20,21)(H,22,23)/b13-9-. The molecule has 6 nitrogen and oxygen atoms in total. The number of allylic oxidation sites excluding steroid dienone is 1. The van der Waals surface area contributed by atoms with Gasteiger partial charge in [-0.2, -0.15) is 18.2 Å². The molecule has 0 aromatic heterocycles. The van der Waals surface area contributed by atoms with Gasteiger partial charge in [-0.25, -0.2) is 4.79 Å². The average molecular weight is 358 g/mol. The quantitative estimate of drug-likeness (QED) is 0.268. The van der Waals surface area contributed by atoms with Gasteiger partial charge in [-0.05, 0) is 24.6 Å². The van der Waals surface area contributed by atoms with Gasteiger partial charge < -0.3 is 20.3 Å². The van der Waals surface area contributed by atoms with Crippen molar-refractivity contribution in [1.29, 1.82) is 0 Å². The summed E-state index contributed by atoms with van der Waals surface area (Å²) in [5.41, 5.74) is 4.69. The van der Waals surface area contributed by atoms with Crippen LogP contribution in [-0.4, -0.2) is 24.2 Å². The number of benzene rings is 1. The lowest BCUT2D eigenvalue weighted by atomic mass is 10.1. The second-order valence-corrected chi connectivity index (χ2v) is 4.84. The van der Waals surface area contributed by atoms with E-state index in [-0.39, 0.29) is 24.0 Å². The van der Waals surface area contributed by atoms with Crippen molar-refractivity contribution < 1.29 is 32.5 Å². The molecule has 0 aliphatic heterocycles. The number of carbonyl (C=O) groups is 1. The number of nitrogens with two attached hydrogens (primary N) is 1. The van der Waals surface area contributed by atoms with E-state index < -0.39 is 23.4 Å². The first-order chi connectivity index (χ1) is 11.6. The van der Waals surface area contributed by atoms with Crippen LogP contribution in [-0.2, 0) is 27.1 Å². The summed E-state index contributed by atoms with van der Waals surface area (Å²) in [7, 11) is 1.23. The number of alkyl halides is 3. The number of hydrogen-bond donors (Lipinski definition) is 2. The maximum atomic E-state index is 12.5. The minimum atomic E-state index is -4.42. The number of methoxy groups -OCH3 is 1. The first-order valence-electron chi connectivity index (χ1n) is 6.86. The zero-order chi connectivity index (χ0) is 19.2. The summed E-state index contributed by atoms with van der Waals surface area (Å²) < 4.78 is 47.4. The Hall–Kier alpha value is -2.97. The van der Waals surface area contributed by atoms with Gasteiger partial charge in [-0.15, -0.1) is 0 Å². The lowest BCUT2D eigenvalue weighted by Gasteiger charge is -2.12. The largest absolute Gasteiger partial charge is 0.489 e. The molecule has 0 aliphatic carbocycles. The van der Waals surface area contributed by atoms with Gasteiger partial charge in [0, 0.05) is 5.57 Å². The minimum Gasteiger partial charge on any atom is -0.489 e. The molecule has 0 aliphatic rings. The number of nitrogens with zero attached hydrogens (tertiary/aromatic N) is 1. The fraction of sp³-hybridized carbons (Fsp3) is 0.250. The number of ether oxygens (including phenoxy) is 2. The van der Waals surface area contributed by atoms with Crippen molar-refractivity contribution in [3.05, 3.63) is 59.0 Å². The van der Waals surface area contributed by atoms with Crippen molar-refractivity contribution in [2.45, 2.75) is 19.7 Å². The highest BCUT2D eigenvalue weighted by Crippen LogP contribution is 2.29.